The molecule has 1 amide bonds. The number of fused-ring (bicyclic) bond motifs is 2. The molecule has 7 heteroatoms. The molecule has 0 aliphatic carbocycles. The predicted molar refractivity (Wildman–Crippen MR) is 106 cm³/mol. The lowest BCUT2D eigenvalue weighted by atomic mass is 9.96. The third kappa shape index (κ3) is 3.55. The lowest BCUT2D eigenvalue weighted by Crippen LogP contribution is -2.38. The lowest BCUT2D eigenvalue weighted by Gasteiger charge is -2.14. The average Bonchev–Trinajstić information content (AvgIpc) is 2.94. The molecule has 0 spiro atoms. The number of carbonyl (C=O) groups is 1. The second-order valence-electron chi connectivity index (χ2n) is 6.88. The van der Waals surface area contributed by atoms with Crippen LogP contribution in [0.2, 0.25) is 0 Å². The highest BCUT2D eigenvalue weighted by molar-refractivity contribution is 5.80. The van der Waals surface area contributed by atoms with Gasteiger partial charge in [0.1, 0.15) is 5.75 Å². The van der Waals surface area contributed by atoms with Gasteiger partial charge in [0, 0.05) is 12.5 Å². The van der Waals surface area contributed by atoms with Gasteiger partial charge in [0.05, 0.1) is 23.9 Å². The van der Waals surface area contributed by atoms with Gasteiger partial charge in [-0.2, -0.15) is 0 Å². The topological polar surface area (TPSA) is 93.2 Å². The summed E-state index contributed by atoms with van der Waals surface area (Å²) in [6.07, 6.45) is 1.25. The van der Waals surface area contributed by atoms with Crippen LogP contribution >= 0.6 is 0 Å². The number of aromatic amines is 1. The molecule has 7 nitrogen and oxygen atoms in total. The minimum absolute atomic E-state index is 0.0727. The number of nitrogens with one attached hydrogen (secondary N) is 2. The monoisotopic (exact) mass is 379 g/mol. The SMILES string of the molecule is O=C(NCCn1[nH]c(=O)c2ccccc2c1=O)[C@@H]1CCOc2ccccc2C1. The average molecular weight is 379 g/mol. The van der Waals surface area contributed by atoms with Gasteiger partial charge >= 0.3 is 0 Å². The van der Waals surface area contributed by atoms with E-state index in [2.05, 4.69) is 10.4 Å². The number of amides is 1. The Morgan fingerprint density at radius 2 is 1.86 bits per heavy atom. The van der Waals surface area contributed by atoms with Crippen molar-refractivity contribution in [3.63, 3.8) is 0 Å². The number of aromatic nitrogens is 2. The second-order valence-corrected chi connectivity index (χ2v) is 6.88. The van der Waals surface area contributed by atoms with Crippen LogP contribution in [-0.2, 0) is 17.8 Å². The highest BCUT2D eigenvalue weighted by Crippen LogP contribution is 2.26. The molecule has 0 fully saturated rings. The molecule has 1 aromatic heterocycles. The second kappa shape index (κ2) is 7.72. The molecule has 0 bridgehead atoms. The number of ether oxygens (including phenoxy) is 1. The van der Waals surface area contributed by atoms with Gasteiger partial charge in [0.2, 0.25) is 5.91 Å². The Hall–Kier alpha value is -3.35. The summed E-state index contributed by atoms with van der Waals surface area (Å²) in [6.45, 7) is 0.947. The number of hydrogen-bond acceptors (Lipinski definition) is 4. The van der Waals surface area contributed by atoms with Crippen LogP contribution in [0.25, 0.3) is 10.8 Å². The van der Waals surface area contributed by atoms with Crippen molar-refractivity contribution in [2.45, 2.75) is 19.4 Å². The Balaban J connectivity index is 1.42. The van der Waals surface area contributed by atoms with E-state index in [-0.39, 0.29) is 36.0 Å². The number of hydrogen-bond donors (Lipinski definition) is 2. The summed E-state index contributed by atoms with van der Waals surface area (Å²) in [4.78, 5) is 37.2. The van der Waals surface area contributed by atoms with Crippen LogP contribution < -0.4 is 21.2 Å². The summed E-state index contributed by atoms with van der Waals surface area (Å²) >= 11 is 0. The maximum atomic E-state index is 12.6. The molecule has 0 saturated carbocycles. The highest BCUT2D eigenvalue weighted by atomic mass is 16.5. The number of carbonyl (C=O) groups excluding carboxylic acids is 1. The van der Waals surface area contributed by atoms with Crippen molar-refractivity contribution in [2.75, 3.05) is 13.2 Å². The minimum atomic E-state index is -0.320. The normalized spacial score (nSPS) is 16.1. The molecule has 28 heavy (non-hydrogen) atoms. The maximum absolute atomic E-state index is 12.6. The summed E-state index contributed by atoms with van der Waals surface area (Å²) in [5.41, 5.74) is 0.426. The van der Waals surface area contributed by atoms with Gasteiger partial charge in [0.15, 0.2) is 0 Å². The van der Waals surface area contributed by atoms with Crippen LogP contribution in [0, 0.1) is 5.92 Å². The molecular formula is C21H21N3O4. The Morgan fingerprint density at radius 1 is 1.11 bits per heavy atom. The minimum Gasteiger partial charge on any atom is -0.493 e. The maximum Gasteiger partial charge on any atom is 0.273 e. The lowest BCUT2D eigenvalue weighted by molar-refractivity contribution is -0.125. The van der Waals surface area contributed by atoms with E-state index in [0.29, 0.717) is 30.2 Å². The van der Waals surface area contributed by atoms with E-state index in [0.717, 1.165) is 11.3 Å². The zero-order valence-electron chi connectivity index (χ0n) is 15.3. The van der Waals surface area contributed by atoms with Crippen molar-refractivity contribution in [1.29, 1.82) is 0 Å². The number of nitrogens with zero attached hydrogens (tertiary/aromatic N) is 1. The van der Waals surface area contributed by atoms with Crippen molar-refractivity contribution in [3.8, 4) is 5.75 Å². The van der Waals surface area contributed by atoms with Gasteiger partial charge in [-0.15, -0.1) is 0 Å². The molecule has 0 saturated heterocycles. The van der Waals surface area contributed by atoms with Gasteiger partial charge in [0.25, 0.3) is 11.1 Å². The first kappa shape index (κ1) is 18.0. The molecule has 0 radical (unpaired) electrons. The van der Waals surface area contributed by atoms with Crippen LogP contribution in [0.5, 0.6) is 5.75 Å². The van der Waals surface area contributed by atoms with E-state index in [1.54, 1.807) is 24.3 Å². The van der Waals surface area contributed by atoms with E-state index < -0.39 is 0 Å². The molecule has 3 aromatic rings. The van der Waals surface area contributed by atoms with Gasteiger partial charge in [-0.3, -0.25) is 19.5 Å². The molecule has 2 N–H and O–H groups in total. The van der Waals surface area contributed by atoms with Crippen LogP contribution in [0.3, 0.4) is 0 Å². The summed E-state index contributed by atoms with van der Waals surface area (Å²) in [6, 6.07) is 14.4. The standard InChI is InChI=1S/C21H21N3O4/c25-19(15-9-12-28-18-8-4-1-5-14(18)13-15)22-10-11-24-21(27)17-7-3-2-6-16(17)20(26)23-24/h1-8,15H,9-13H2,(H,22,25)(H,23,26)/t15-/m1/s1. The van der Waals surface area contributed by atoms with E-state index in [4.69, 9.17) is 4.74 Å². The first-order chi connectivity index (χ1) is 13.6. The number of rotatable bonds is 4. The molecule has 0 unspecified atom stereocenters. The summed E-state index contributed by atoms with van der Waals surface area (Å²) < 4.78 is 6.95. The van der Waals surface area contributed by atoms with E-state index in [9.17, 15) is 14.4 Å². The van der Waals surface area contributed by atoms with Gasteiger partial charge < -0.3 is 10.1 Å². The Kier molecular flexibility index (Phi) is 4.97. The molecule has 1 aliphatic rings. The third-order valence-corrected chi connectivity index (χ3v) is 5.05. The molecule has 4 rings (SSSR count). The smallest absolute Gasteiger partial charge is 0.273 e. The first-order valence-corrected chi connectivity index (χ1v) is 9.34. The number of para-hydroxylation sites is 1. The molecule has 1 aliphatic heterocycles. The first-order valence-electron chi connectivity index (χ1n) is 9.34. The summed E-state index contributed by atoms with van der Waals surface area (Å²) in [7, 11) is 0. The Labute approximate surface area is 160 Å². The van der Waals surface area contributed by atoms with Crippen molar-refractivity contribution >= 4 is 16.7 Å². The van der Waals surface area contributed by atoms with Gasteiger partial charge in [-0.1, -0.05) is 30.3 Å². The van der Waals surface area contributed by atoms with Crippen molar-refractivity contribution in [3.05, 3.63) is 74.8 Å². The Morgan fingerprint density at radius 3 is 2.71 bits per heavy atom. The van der Waals surface area contributed by atoms with Crippen LogP contribution in [0.4, 0.5) is 0 Å². The fourth-order valence-corrected chi connectivity index (χ4v) is 3.56. The molecule has 2 aromatic carbocycles. The van der Waals surface area contributed by atoms with Crippen molar-refractivity contribution in [2.24, 2.45) is 5.92 Å². The zero-order chi connectivity index (χ0) is 19.5. The molecule has 2 heterocycles. The Bertz CT molecular complexity index is 1130. The van der Waals surface area contributed by atoms with Crippen molar-refractivity contribution < 1.29 is 9.53 Å². The number of H-pyrrole nitrogens is 1. The van der Waals surface area contributed by atoms with Gasteiger partial charge in [-0.05, 0) is 36.6 Å². The fraction of sp³-hybridized carbons (Fsp3) is 0.286. The fourth-order valence-electron chi connectivity index (χ4n) is 3.56. The summed E-state index contributed by atoms with van der Waals surface area (Å²) in [5.74, 6) is 0.575. The zero-order valence-corrected chi connectivity index (χ0v) is 15.3. The molecular weight excluding hydrogens is 358 g/mol. The molecule has 1 atom stereocenters. The predicted octanol–water partition coefficient (Wildman–Crippen LogP) is 1.45. The largest absolute Gasteiger partial charge is 0.493 e. The third-order valence-electron chi connectivity index (χ3n) is 5.05. The van der Waals surface area contributed by atoms with Crippen LogP contribution in [0.15, 0.2) is 58.1 Å². The van der Waals surface area contributed by atoms with E-state index in [1.807, 2.05) is 24.3 Å². The summed E-state index contributed by atoms with van der Waals surface area (Å²) in [5, 5.41) is 6.19. The van der Waals surface area contributed by atoms with Crippen LogP contribution in [0.1, 0.15) is 12.0 Å². The van der Waals surface area contributed by atoms with E-state index >= 15 is 0 Å². The molecule has 144 valence electrons. The van der Waals surface area contributed by atoms with Crippen LogP contribution in [-0.4, -0.2) is 28.8 Å². The highest BCUT2D eigenvalue weighted by Gasteiger charge is 2.23. The van der Waals surface area contributed by atoms with Crippen molar-refractivity contribution in [1.82, 2.24) is 15.1 Å². The van der Waals surface area contributed by atoms with E-state index in [1.165, 1.54) is 4.68 Å². The van der Waals surface area contributed by atoms with Gasteiger partial charge in [-0.25, -0.2) is 4.68 Å². The number of benzene rings is 2. The quantitative estimate of drug-likeness (QED) is 0.718.